The number of hydrogen-bond donors (Lipinski definition) is 1. The highest BCUT2D eigenvalue weighted by Crippen LogP contribution is 2.30. The summed E-state index contributed by atoms with van der Waals surface area (Å²) in [5.74, 6) is 1.44. The van der Waals surface area contributed by atoms with E-state index in [1.165, 1.54) is 0 Å². The zero-order valence-corrected chi connectivity index (χ0v) is 8.78. The highest BCUT2D eigenvalue weighted by molar-refractivity contribution is 5.55. The highest BCUT2D eigenvalue weighted by Gasteiger charge is 2.06. The first kappa shape index (κ1) is 10.7. The van der Waals surface area contributed by atoms with Crippen LogP contribution in [0.5, 0.6) is 11.5 Å². The Bertz CT molecular complexity index is 302. The SMILES string of the molecule is COc1ccc(N(C)CN)cc1OC. The normalized spacial score (nSPS) is 9.71. The van der Waals surface area contributed by atoms with Crippen LogP contribution >= 0.6 is 0 Å². The molecule has 0 fully saturated rings. The Kier molecular flexibility index (Phi) is 3.59. The first-order valence-electron chi connectivity index (χ1n) is 4.36. The second-order valence-corrected chi connectivity index (χ2v) is 2.92. The number of nitrogens with two attached hydrogens (primary N) is 1. The van der Waals surface area contributed by atoms with E-state index >= 15 is 0 Å². The molecular formula is C10H16N2O2. The average molecular weight is 196 g/mol. The molecule has 0 aliphatic rings. The maximum Gasteiger partial charge on any atom is 0.162 e. The van der Waals surface area contributed by atoms with Crippen LogP contribution in [0.2, 0.25) is 0 Å². The fourth-order valence-corrected chi connectivity index (χ4v) is 1.17. The van der Waals surface area contributed by atoms with Crippen LogP contribution in [-0.4, -0.2) is 27.9 Å². The lowest BCUT2D eigenvalue weighted by Gasteiger charge is -2.18. The van der Waals surface area contributed by atoms with Crippen molar-refractivity contribution < 1.29 is 9.47 Å². The Morgan fingerprint density at radius 1 is 1.21 bits per heavy atom. The van der Waals surface area contributed by atoms with Gasteiger partial charge >= 0.3 is 0 Å². The molecule has 78 valence electrons. The summed E-state index contributed by atoms with van der Waals surface area (Å²) in [5, 5.41) is 0. The van der Waals surface area contributed by atoms with Gasteiger partial charge in [0, 0.05) is 18.8 Å². The summed E-state index contributed by atoms with van der Waals surface area (Å²) in [4.78, 5) is 1.92. The van der Waals surface area contributed by atoms with Crippen molar-refractivity contribution in [3.63, 3.8) is 0 Å². The predicted octanol–water partition coefficient (Wildman–Crippen LogP) is 1.06. The van der Waals surface area contributed by atoms with Crippen molar-refractivity contribution in [2.24, 2.45) is 5.73 Å². The highest BCUT2D eigenvalue weighted by atomic mass is 16.5. The van der Waals surface area contributed by atoms with Crippen LogP contribution in [0.15, 0.2) is 18.2 Å². The lowest BCUT2D eigenvalue weighted by Crippen LogP contribution is -2.24. The van der Waals surface area contributed by atoms with Crippen molar-refractivity contribution >= 4 is 5.69 Å². The smallest absolute Gasteiger partial charge is 0.162 e. The van der Waals surface area contributed by atoms with Crippen molar-refractivity contribution in [3.05, 3.63) is 18.2 Å². The molecule has 4 heteroatoms. The van der Waals surface area contributed by atoms with E-state index in [4.69, 9.17) is 15.2 Å². The summed E-state index contributed by atoms with van der Waals surface area (Å²) < 4.78 is 10.3. The van der Waals surface area contributed by atoms with Gasteiger partial charge in [-0.15, -0.1) is 0 Å². The molecule has 0 saturated heterocycles. The summed E-state index contributed by atoms with van der Waals surface area (Å²) in [6, 6.07) is 5.69. The molecule has 1 aromatic rings. The summed E-state index contributed by atoms with van der Waals surface area (Å²) in [6.45, 7) is 0.468. The Balaban J connectivity index is 3.01. The molecule has 4 nitrogen and oxygen atoms in total. The Morgan fingerprint density at radius 2 is 1.86 bits per heavy atom. The maximum absolute atomic E-state index is 5.52. The molecule has 14 heavy (non-hydrogen) atoms. The number of rotatable bonds is 4. The van der Waals surface area contributed by atoms with E-state index in [0.717, 1.165) is 11.4 Å². The van der Waals surface area contributed by atoms with Gasteiger partial charge in [0.15, 0.2) is 11.5 Å². The van der Waals surface area contributed by atoms with Gasteiger partial charge in [-0.05, 0) is 12.1 Å². The van der Waals surface area contributed by atoms with Gasteiger partial charge in [0.2, 0.25) is 0 Å². The minimum atomic E-state index is 0.468. The van der Waals surface area contributed by atoms with Crippen LogP contribution in [-0.2, 0) is 0 Å². The molecule has 0 aliphatic carbocycles. The number of anilines is 1. The topological polar surface area (TPSA) is 47.7 Å². The number of benzene rings is 1. The van der Waals surface area contributed by atoms with Crippen molar-refractivity contribution in [1.82, 2.24) is 0 Å². The van der Waals surface area contributed by atoms with Crippen molar-refractivity contribution in [3.8, 4) is 11.5 Å². The molecule has 0 aromatic heterocycles. The van der Waals surface area contributed by atoms with E-state index in [2.05, 4.69) is 0 Å². The van der Waals surface area contributed by atoms with E-state index in [1.807, 2.05) is 30.1 Å². The van der Waals surface area contributed by atoms with Crippen LogP contribution in [0.1, 0.15) is 0 Å². The zero-order chi connectivity index (χ0) is 10.6. The fourth-order valence-electron chi connectivity index (χ4n) is 1.17. The lowest BCUT2D eigenvalue weighted by atomic mass is 10.2. The Morgan fingerprint density at radius 3 is 2.36 bits per heavy atom. The van der Waals surface area contributed by atoms with E-state index in [9.17, 15) is 0 Å². The maximum atomic E-state index is 5.52. The number of methoxy groups -OCH3 is 2. The number of ether oxygens (including phenoxy) is 2. The predicted molar refractivity (Wildman–Crippen MR) is 57.0 cm³/mol. The molecule has 0 heterocycles. The third-order valence-electron chi connectivity index (χ3n) is 2.08. The average Bonchev–Trinajstić information content (AvgIpc) is 2.26. The van der Waals surface area contributed by atoms with E-state index < -0.39 is 0 Å². The van der Waals surface area contributed by atoms with Gasteiger partial charge in [-0.25, -0.2) is 0 Å². The second-order valence-electron chi connectivity index (χ2n) is 2.92. The third kappa shape index (κ3) is 2.09. The molecule has 0 spiro atoms. The number of nitrogens with zero attached hydrogens (tertiary/aromatic N) is 1. The molecule has 0 bridgehead atoms. The van der Waals surface area contributed by atoms with Gasteiger partial charge in [-0.3, -0.25) is 0 Å². The molecule has 0 aliphatic heterocycles. The molecule has 0 radical (unpaired) electrons. The Labute approximate surface area is 84.2 Å². The third-order valence-corrected chi connectivity index (χ3v) is 2.08. The lowest BCUT2D eigenvalue weighted by molar-refractivity contribution is 0.355. The standard InChI is InChI=1S/C10H16N2O2/c1-12(7-11)8-4-5-9(13-2)10(6-8)14-3/h4-6H,7,11H2,1-3H3. The minimum absolute atomic E-state index is 0.468. The van der Waals surface area contributed by atoms with Crippen molar-refractivity contribution in [2.75, 3.05) is 32.8 Å². The first-order valence-corrected chi connectivity index (χ1v) is 4.36. The van der Waals surface area contributed by atoms with E-state index in [1.54, 1.807) is 14.2 Å². The molecular weight excluding hydrogens is 180 g/mol. The monoisotopic (exact) mass is 196 g/mol. The van der Waals surface area contributed by atoms with Crippen LogP contribution in [0, 0.1) is 0 Å². The largest absolute Gasteiger partial charge is 0.493 e. The fraction of sp³-hybridized carbons (Fsp3) is 0.400. The second kappa shape index (κ2) is 4.72. The zero-order valence-electron chi connectivity index (χ0n) is 8.78. The van der Waals surface area contributed by atoms with Crippen LogP contribution < -0.4 is 20.1 Å². The molecule has 0 unspecified atom stereocenters. The van der Waals surface area contributed by atoms with Crippen LogP contribution in [0.25, 0.3) is 0 Å². The first-order chi connectivity index (χ1) is 6.72. The minimum Gasteiger partial charge on any atom is -0.493 e. The quantitative estimate of drug-likeness (QED) is 0.731. The summed E-state index contributed by atoms with van der Waals surface area (Å²) >= 11 is 0. The molecule has 1 rings (SSSR count). The molecule has 1 aromatic carbocycles. The van der Waals surface area contributed by atoms with E-state index in [0.29, 0.717) is 12.4 Å². The molecule has 0 saturated carbocycles. The van der Waals surface area contributed by atoms with Gasteiger partial charge in [0.05, 0.1) is 20.9 Å². The van der Waals surface area contributed by atoms with Crippen LogP contribution in [0.3, 0.4) is 0 Å². The van der Waals surface area contributed by atoms with Crippen molar-refractivity contribution in [2.45, 2.75) is 0 Å². The molecule has 0 amide bonds. The van der Waals surface area contributed by atoms with Crippen LogP contribution in [0.4, 0.5) is 5.69 Å². The number of hydrogen-bond acceptors (Lipinski definition) is 4. The van der Waals surface area contributed by atoms with Gasteiger partial charge < -0.3 is 20.1 Å². The molecule has 2 N–H and O–H groups in total. The van der Waals surface area contributed by atoms with E-state index in [-0.39, 0.29) is 0 Å². The summed E-state index contributed by atoms with van der Waals surface area (Å²) in [7, 11) is 5.15. The summed E-state index contributed by atoms with van der Waals surface area (Å²) in [5.41, 5.74) is 6.52. The van der Waals surface area contributed by atoms with Gasteiger partial charge in [0.25, 0.3) is 0 Å². The summed E-state index contributed by atoms with van der Waals surface area (Å²) in [6.07, 6.45) is 0. The Hall–Kier alpha value is -1.42. The van der Waals surface area contributed by atoms with Crippen molar-refractivity contribution in [1.29, 1.82) is 0 Å². The van der Waals surface area contributed by atoms with Gasteiger partial charge in [-0.2, -0.15) is 0 Å². The van der Waals surface area contributed by atoms with Gasteiger partial charge in [0.1, 0.15) is 0 Å². The molecule has 0 atom stereocenters. The van der Waals surface area contributed by atoms with Gasteiger partial charge in [-0.1, -0.05) is 0 Å².